The maximum Gasteiger partial charge on any atom is 0.265 e. The van der Waals surface area contributed by atoms with Gasteiger partial charge >= 0.3 is 0 Å². The molecule has 1 aliphatic carbocycles. The predicted octanol–water partition coefficient (Wildman–Crippen LogP) is 1.56. The van der Waals surface area contributed by atoms with E-state index in [9.17, 15) is 4.79 Å². The number of anilines is 2. The zero-order valence-electron chi connectivity index (χ0n) is 11.0. The highest BCUT2D eigenvalue weighted by molar-refractivity contribution is 5.98. The average Bonchev–Trinajstić information content (AvgIpc) is 2.35. The monoisotopic (exact) mass is 261 g/mol. The highest BCUT2D eigenvalue weighted by Crippen LogP contribution is 2.33. The number of carbonyl (C=O) groups excluding carboxylic acids is 1. The van der Waals surface area contributed by atoms with E-state index >= 15 is 0 Å². The Balaban J connectivity index is 1.64. The molecule has 0 bridgehead atoms. The van der Waals surface area contributed by atoms with Gasteiger partial charge < -0.3 is 21.1 Å². The van der Waals surface area contributed by atoms with Crippen molar-refractivity contribution in [3.8, 4) is 5.75 Å². The van der Waals surface area contributed by atoms with Gasteiger partial charge in [-0.3, -0.25) is 4.79 Å². The van der Waals surface area contributed by atoms with Crippen LogP contribution in [0.3, 0.4) is 0 Å². The number of rotatable bonds is 3. The van der Waals surface area contributed by atoms with Gasteiger partial charge in [0.2, 0.25) is 0 Å². The molecule has 0 saturated heterocycles. The first-order chi connectivity index (χ1) is 9.11. The van der Waals surface area contributed by atoms with Crippen molar-refractivity contribution in [1.82, 2.24) is 0 Å². The van der Waals surface area contributed by atoms with Crippen LogP contribution >= 0.6 is 0 Å². The van der Waals surface area contributed by atoms with Gasteiger partial charge in [-0.15, -0.1) is 0 Å². The second-order valence-corrected chi connectivity index (χ2v) is 5.44. The molecule has 5 heteroatoms. The molecule has 19 heavy (non-hydrogen) atoms. The largest absolute Gasteiger partial charge is 0.479 e. The number of fused-ring (bicyclic) bond motifs is 1. The molecular formula is C14H19N3O2. The summed E-state index contributed by atoms with van der Waals surface area (Å²) in [6.45, 7) is 2.67. The molecule has 4 N–H and O–H groups in total. The molecule has 0 spiro atoms. The van der Waals surface area contributed by atoms with E-state index in [0.29, 0.717) is 12.0 Å². The molecule has 1 fully saturated rings. The summed E-state index contributed by atoms with van der Waals surface area (Å²) in [5.41, 5.74) is 7.50. The van der Waals surface area contributed by atoms with Crippen LogP contribution in [0.25, 0.3) is 0 Å². The van der Waals surface area contributed by atoms with Crippen molar-refractivity contribution in [1.29, 1.82) is 0 Å². The molecule has 1 aromatic rings. The number of nitrogens with one attached hydrogen (secondary N) is 2. The molecule has 3 rings (SSSR count). The van der Waals surface area contributed by atoms with Crippen LogP contribution in [0, 0.1) is 5.92 Å². The van der Waals surface area contributed by atoms with Crippen molar-refractivity contribution in [2.75, 3.05) is 17.2 Å². The molecule has 1 heterocycles. The minimum absolute atomic E-state index is 0.102. The number of hydrogen-bond donors (Lipinski definition) is 3. The highest BCUT2D eigenvalue weighted by Gasteiger charge is 2.26. The lowest BCUT2D eigenvalue weighted by atomic mass is 9.81. The third-order valence-electron chi connectivity index (χ3n) is 3.78. The lowest BCUT2D eigenvalue weighted by Gasteiger charge is -2.32. The van der Waals surface area contributed by atoms with E-state index in [1.165, 1.54) is 0 Å². The number of hydrogen-bond acceptors (Lipinski definition) is 4. The van der Waals surface area contributed by atoms with Gasteiger partial charge in [-0.05, 0) is 43.9 Å². The van der Waals surface area contributed by atoms with Crippen LogP contribution in [0.15, 0.2) is 18.2 Å². The van der Waals surface area contributed by atoms with Crippen molar-refractivity contribution >= 4 is 17.3 Å². The molecule has 1 amide bonds. The van der Waals surface area contributed by atoms with Crippen molar-refractivity contribution in [2.45, 2.75) is 31.9 Å². The Morgan fingerprint density at radius 3 is 3.00 bits per heavy atom. The first kappa shape index (κ1) is 12.3. The van der Waals surface area contributed by atoms with Crippen LogP contribution in [-0.2, 0) is 4.79 Å². The van der Waals surface area contributed by atoms with Gasteiger partial charge in [-0.2, -0.15) is 0 Å². The van der Waals surface area contributed by atoms with Crippen LogP contribution in [0.2, 0.25) is 0 Å². The third kappa shape index (κ3) is 2.51. The standard InChI is InChI=1S/C14H19N3O2/c1-8-14(18)17-12-6-11(2-3-13(12)19-8)16-7-9-4-10(15)5-9/h2-3,6,8-10,16H,4-5,7,15H2,1H3,(H,17,18). The number of carbonyl (C=O) groups is 1. The van der Waals surface area contributed by atoms with E-state index in [4.69, 9.17) is 10.5 Å². The molecule has 1 atom stereocenters. The van der Waals surface area contributed by atoms with E-state index in [1.807, 2.05) is 18.2 Å². The van der Waals surface area contributed by atoms with Gasteiger partial charge in [-0.25, -0.2) is 0 Å². The molecule has 2 aliphatic rings. The molecule has 0 aromatic heterocycles. The van der Waals surface area contributed by atoms with Crippen molar-refractivity contribution in [3.63, 3.8) is 0 Å². The van der Waals surface area contributed by atoms with Gasteiger partial charge in [0.05, 0.1) is 5.69 Å². The SMILES string of the molecule is CC1Oc2ccc(NCC3CC(N)C3)cc2NC1=O. The van der Waals surface area contributed by atoms with Gasteiger partial charge in [0.15, 0.2) is 6.10 Å². The van der Waals surface area contributed by atoms with Gasteiger partial charge in [0.1, 0.15) is 5.75 Å². The second kappa shape index (κ2) is 4.74. The summed E-state index contributed by atoms with van der Waals surface area (Å²) in [5.74, 6) is 1.29. The smallest absolute Gasteiger partial charge is 0.265 e. The Hall–Kier alpha value is -1.75. The maximum atomic E-state index is 11.6. The number of nitrogens with two attached hydrogens (primary N) is 1. The highest BCUT2D eigenvalue weighted by atomic mass is 16.5. The zero-order valence-corrected chi connectivity index (χ0v) is 11.0. The lowest BCUT2D eigenvalue weighted by molar-refractivity contribution is -0.122. The average molecular weight is 261 g/mol. The van der Waals surface area contributed by atoms with E-state index in [0.717, 1.165) is 36.5 Å². The van der Waals surface area contributed by atoms with Crippen molar-refractivity contribution in [3.05, 3.63) is 18.2 Å². The fraction of sp³-hybridized carbons (Fsp3) is 0.500. The van der Waals surface area contributed by atoms with Gasteiger partial charge in [-0.1, -0.05) is 0 Å². The summed E-state index contributed by atoms with van der Waals surface area (Å²) in [6, 6.07) is 6.16. The van der Waals surface area contributed by atoms with E-state index in [-0.39, 0.29) is 5.91 Å². The molecule has 1 saturated carbocycles. The van der Waals surface area contributed by atoms with Crippen molar-refractivity contribution in [2.24, 2.45) is 11.7 Å². The van der Waals surface area contributed by atoms with Crippen molar-refractivity contribution < 1.29 is 9.53 Å². The molecule has 1 unspecified atom stereocenters. The topological polar surface area (TPSA) is 76.4 Å². The van der Waals surface area contributed by atoms with Crippen LogP contribution in [0.4, 0.5) is 11.4 Å². The van der Waals surface area contributed by atoms with Crippen LogP contribution < -0.4 is 21.1 Å². The van der Waals surface area contributed by atoms with Crippen LogP contribution in [0.1, 0.15) is 19.8 Å². The minimum Gasteiger partial charge on any atom is -0.479 e. The molecule has 0 radical (unpaired) electrons. The third-order valence-corrected chi connectivity index (χ3v) is 3.78. The Morgan fingerprint density at radius 2 is 2.26 bits per heavy atom. The lowest BCUT2D eigenvalue weighted by Crippen LogP contribution is -2.39. The second-order valence-electron chi connectivity index (χ2n) is 5.44. The number of benzene rings is 1. The van der Waals surface area contributed by atoms with Crippen LogP contribution in [-0.4, -0.2) is 24.6 Å². The fourth-order valence-electron chi connectivity index (χ4n) is 2.53. The fourth-order valence-corrected chi connectivity index (χ4v) is 2.53. The normalized spacial score (nSPS) is 28.7. The van der Waals surface area contributed by atoms with Gasteiger partial charge in [0.25, 0.3) is 5.91 Å². The van der Waals surface area contributed by atoms with E-state index < -0.39 is 6.10 Å². The summed E-state index contributed by atoms with van der Waals surface area (Å²) >= 11 is 0. The molecule has 5 nitrogen and oxygen atoms in total. The summed E-state index contributed by atoms with van der Waals surface area (Å²) < 4.78 is 5.51. The number of amides is 1. The summed E-state index contributed by atoms with van der Waals surface area (Å²) in [4.78, 5) is 11.6. The van der Waals surface area contributed by atoms with E-state index in [2.05, 4.69) is 10.6 Å². The van der Waals surface area contributed by atoms with E-state index in [1.54, 1.807) is 6.92 Å². The maximum absolute atomic E-state index is 11.6. The quantitative estimate of drug-likeness (QED) is 0.771. The molecule has 1 aliphatic heterocycles. The number of ether oxygens (including phenoxy) is 1. The Kier molecular flexibility index (Phi) is 3.06. The van der Waals surface area contributed by atoms with Crippen LogP contribution in [0.5, 0.6) is 5.75 Å². The molecule has 102 valence electrons. The zero-order chi connectivity index (χ0) is 13.4. The molecule has 1 aromatic carbocycles. The minimum atomic E-state index is -0.428. The molecular weight excluding hydrogens is 242 g/mol. The first-order valence-electron chi connectivity index (χ1n) is 6.73. The summed E-state index contributed by atoms with van der Waals surface area (Å²) in [5, 5.41) is 6.23. The Morgan fingerprint density at radius 1 is 1.47 bits per heavy atom. The summed E-state index contributed by atoms with van der Waals surface area (Å²) in [6.07, 6.45) is 1.76. The van der Waals surface area contributed by atoms with Gasteiger partial charge in [0, 0.05) is 18.3 Å². The Labute approximate surface area is 112 Å². The summed E-state index contributed by atoms with van der Waals surface area (Å²) in [7, 11) is 0. The first-order valence-corrected chi connectivity index (χ1v) is 6.73. The Bertz CT molecular complexity index is 497. The predicted molar refractivity (Wildman–Crippen MR) is 74.4 cm³/mol.